The molecule has 1 aliphatic rings. The number of amides is 1. The number of carbonyl (C=O) groups is 1. The molecule has 0 radical (unpaired) electrons. The van der Waals surface area contributed by atoms with Gasteiger partial charge in [0.05, 0.1) is 12.6 Å². The molecule has 3 rings (SSSR count). The van der Waals surface area contributed by atoms with Gasteiger partial charge in [-0.2, -0.15) is 0 Å². The fourth-order valence-electron chi connectivity index (χ4n) is 3.13. The molecule has 1 amide bonds. The Labute approximate surface area is 147 Å². The van der Waals surface area contributed by atoms with Crippen molar-refractivity contribution in [2.24, 2.45) is 0 Å². The number of aliphatic hydroxyl groups is 3. The number of nitrogens with one attached hydrogen (secondary N) is 1. The van der Waals surface area contributed by atoms with Crippen molar-refractivity contribution in [3.63, 3.8) is 0 Å². The third kappa shape index (κ3) is 3.29. The highest BCUT2D eigenvalue weighted by atomic mass is 16.5. The summed E-state index contributed by atoms with van der Waals surface area (Å²) in [5.74, 6) is -0.754. The largest absolute Gasteiger partial charge is 0.507 e. The molecule has 0 spiro atoms. The Morgan fingerprint density at radius 3 is 2.62 bits per heavy atom. The van der Waals surface area contributed by atoms with E-state index in [4.69, 9.17) is 9.15 Å². The summed E-state index contributed by atoms with van der Waals surface area (Å²) in [6, 6.07) is 4.36. The Kier molecular flexibility index (Phi) is 4.97. The van der Waals surface area contributed by atoms with E-state index in [1.54, 1.807) is 0 Å². The zero-order valence-electron chi connectivity index (χ0n) is 13.8. The molecule has 1 aromatic heterocycles. The number of ether oxygens (including phenoxy) is 1. The number of phenolic OH excluding ortho intramolecular Hbond substituents is 1. The number of phenols is 1. The number of aromatic hydroxyl groups is 1. The molecule has 140 valence electrons. The van der Waals surface area contributed by atoms with Crippen molar-refractivity contribution in [3.8, 4) is 5.75 Å². The minimum absolute atomic E-state index is 0.157. The summed E-state index contributed by atoms with van der Waals surface area (Å²) >= 11 is 0. The summed E-state index contributed by atoms with van der Waals surface area (Å²) in [6.45, 7) is 0.675. The fourth-order valence-corrected chi connectivity index (χ4v) is 3.13. The second kappa shape index (κ2) is 7.04. The monoisotopic (exact) mass is 365 g/mol. The molecule has 2 aromatic rings. The molecular formula is C17H19NO8. The Morgan fingerprint density at radius 2 is 1.96 bits per heavy atom. The van der Waals surface area contributed by atoms with Crippen molar-refractivity contribution in [1.29, 1.82) is 0 Å². The molecule has 9 nitrogen and oxygen atoms in total. The molecule has 26 heavy (non-hydrogen) atoms. The van der Waals surface area contributed by atoms with Gasteiger partial charge in [-0.25, -0.2) is 4.79 Å². The van der Waals surface area contributed by atoms with Crippen molar-refractivity contribution in [1.82, 2.24) is 5.32 Å². The van der Waals surface area contributed by atoms with Crippen LogP contribution in [0.2, 0.25) is 0 Å². The van der Waals surface area contributed by atoms with Crippen molar-refractivity contribution in [3.05, 3.63) is 40.2 Å². The SMILES string of the molecule is CC(=O)N[C@H]1[C@@H](O)[C@H](O)[C@@H](CO)O[C@H]1c1cc2ccc(=O)oc2cc1O. The van der Waals surface area contributed by atoms with Gasteiger partial charge >= 0.3 is 5.63 Å². The van der Waals surface area contributed by atoms with E-state index in [1.807, 2.05) is 0 Å². The summed E-state index contributed by atoms with van der Waals surface area (Å²) in [6.07, 6.45) is -5.01. The quantitative estimate of drug-likeness (QED) is 0.442. The first kappa shape index (κ1) is 18.3. The first-order valence-electron chi connectivity index (χ1n) is 7.98. The van der Waals surface area contributed by atoms with Gasteiger partial charge < -0.3 is 34.9 Å². The van der Waals surface area contributed by atoms with Crippen LogP contribution in [0.5, 0.6) is 5.75 Å². The third-order valence-electron chi connectivity index (χ3n) is 4.37. The van der Waals surface area contributed by atoms with Crippen LogP contribution in [0.3, 0.4) is 0 Å². The molecular weight excluding hydrogens is 346 g/mol. The predicted octanol–water partition coefficient (Wildman–Crippen LogP) is -0.843. The normalized spacial score (nSPS) is 28.8. The minimum atomic E-state index is -1.43. The Bertz CT molecular complexity index is 879. The summed E-state index contributed by atoms with van der Waals surface area (Å²) in [7, 11) is 0. The van der Waals surface area contributed by atoms with Gasteiger partial charge in [-0.1, -0.05) is 0 Å². The topological polar surface area (TPSA) is 149 Å². The lowest BCUT2D eigenvalue weighted by Gasteiger charge is -2.42. The number of aliphatic hydroxyl groups excluding tert-OH is 3. The highest BCUT2D eigenvalue weighted by Crippen LogP contribution is 2.38. The lowest BCUT2D eigenvalue weighted by molar-refractivity contribution is -0.197. The summed E-state index contributed by atoms with van der Waals surface area (Å²) in [5.41, 5.74) is -0.215. The molecule has 1 fully saturated rings. The van der Waals surface area contributed by atoms with E-state index in [0.717, 1.165) is 0 Å². The molecule has 0 bridgehead atoms. The lowest BCUT2D eigenvalue weighted by Crippen LogP contribution is -2.60. The average molecular weight is 365 g/mol. The first-order valence-corrected chi connectivity index (χ1v) is 7.98. The standard InChI is InChI=1S/C17H19NO8/c1-7(20)18-14-16(24)15(23)12(6-19)26-17(14)9-4-8-2-3-13(22)25-11(8)5-10(9)21/h2-5,12,14-17,19,21,23-24H,6H2,1H3,(H,18,20)/t12-,14+,15-,16-,17+/m1/s1. The van der Waals surface area contributed by atoms with E-state index in [9.17, 15) is 30.0 Å². The predicted molar refractivity (Wildman–Crippen MR) is 88.5 cm³/mol. The lowest BCUT2D eigenvalue weighted by atomic mass is 9.88. The van der Waals surface area contributed by atoms with Crippen LogP contribution in [0.4, 0.5) is 0 Å². The Hall–Kier alpha value is -2.46. The molecule has 1 aliphatic heterocycles. The summed E-state index contributed by atoms with van der Waals surface area (Å²) < 4.78 is 10.6. The fraction of sp³-hybridized carbons (Fsp3) is 0.412. The average Bonchev–Trinajstić information content (AvgIpc) is 2.58. The minimum Gasteiger partial charge on any atom is -0.507 e. The molecule has 1 aromatic carbocycles. The number of hydrogen-bond donors (Lipinski definition) is 5. The van der Waals surface area contributed by atoms with Crippen molar-refractivity contribution >= 4 is 16.9 Å². The van der Waals surface area contributed by atoms with Crippen LogP contribution >= 0.6 is 0 Å². The number of benzene rings is 1. The van der Waals surface area contributed by atoms with Crippen LogP contribution in [0, 0.1) is 0 Å². The van der Waals surface area contributed by atoms with Crippen molar-refractivity contribution < 1.29 is 34.4 Å². The number of fused-ring (bicyclic) bond motifs is 1. The highest BCUT2D eigenvalue weighted by Gasteiger charge is 2.46. The molecule has 5 atom stereocenters. The van der Waals surface area contributed by atoms with E-state index in [2.05, 4.69) is 5.32 Å². The van der Waals surface area contributed by atoms with Crippen LogP contribution < -0.4 is 10.9 Å². The molecule has 0 aliphatic carbocycles. The van der Waals surface area contributed by atoms with Gasteiger partial charge in [0.1, 0.15) is 35.7 Å². The second-order valence-corrected chi connectivity index (χ2v) is 6.19. The van der Waals surface area contributed by atoms with Crippen molar-refractivity contribution in [2.75, 3.05) is 6.61 Å². The third-order valence-corrected chi connectivity index (χ3v) is 4.37. The van der Waals surface area contributed by atoms with Crippen LogP contribution in [-0.4, -0.2) is 57.3 Å². The Balaban J connectivity index is 2.09. The zero-order chi connectivity index (χ0) is 19.0. The van der Waals surface area contributed by atoms with Gasteiger partial charge in [0.2, 0.25) is 5.91 Å². The smallest absolute Gasteiger partial charge is 0.336 e. The van der Waals surface area contributed by atoms with E-state index >= 15 is 0 Å². The summed E-state index contributed by atoms with van der Waals surface area (Å²) in [4.78, 5) is 22.8. The Morgan fingerprint density at radius 1 is 1.23 bits per heavy atom. The van der Waals surface area contributed by atoms with E-state index in [1.165, 1.54) is 31.2 Å². The van der Waals surface area contributed by atoms with Gasteiger partial charge in [-0.05, 0) is 12.1 Å². The van der Waals surface area contributed by atoms with Gasteiger partial charge in [-0.15, -0.1) is 0 Å². The molecule has 0 saturated carbocycles. The van der Waals surface area contributed by atoms with Crippen LogP contribution in [0.25, 0.3) is 11.0 Å². The van der Waals surface area contributed by atoms with E-state index in [0.29, 0.717) is 5.39 Å². The van der Waals surface area contributed by atoms with Crippen molar-refractivity contribution in [2.45, 2.75) is 37.4 Å². The molecule has 2 heterocycles. The van der Waals surface area contributed by atoms with Crippen LogP contribution in [0.15, 0.2) is 33.5 Å². The second-order valence-electron chi connectivity index (χ2n) is 6.19. The van der Waals surface area contributed by atoms with E-state index in [-0.39, 0.29) is 16.9 Å². The van der Waals surface area contributed by atoms with E-state index < -0.39 is 48.6 Å². The van der Waals surface area contributed by atoms with Crippen LogP contribution in [0.1, 0.15) is 18.6 Å². The number of carbonyl (C=O) groups excluding carboxylic acids is 1. The van der Waals surface area contributed by atoms with Gasteiger partial charge in [-0.3, -0.25) is 4.79 Å². The number of hydrogen-bond acceptors (Lipinski definition) is 8. The molecule has 5 N–H and O–H groups in total. The van der Waals surface area contributed by atoms with Gasteiger partial charge in [0, 0.05) is 30.0 Å². The molecule has 9 heteroatoms. The first-order chi connectivity index (χ1) is 12.3. The maximum atomic E-state index is 11.5. The van der Waals surface area contributed by atoms with Gasteiger partial charge in [0.15, 0.2) is 0 Å². The molecule has 1 saturated heterocycles. The highest BCUT2D eigenvalue weighted by molar-refractivity contribution is 5.79. The summed E-state index contributed by atoms with van der Waals surface area (Å²) in [5, 5.41) is 43.2. The maximum absolute atomic E-state index is 11.5. The maximum Gasteiger partial charge on any atom is 0.336 e. The zero-order valence-corrected chi connectivity index (χ0v) is 13.8. The van der Waals surface area contributed by atoms with Crippen LogP contribution in [-0.2, 0) is 9.53 Å². The number of rotatable bonds is 3. The molecule has 0 unspecified atom stereocenters. The van der Waals surface area contributed by atoms with Gasteiger partial charge in [0.25, 0.3) is 0 Å².